The number of hydrogen-bond donors (Lipinski definition) is 1. The average molecular weight is 479 g/mol. The summed E-state index contributed by atoms with van der Waals surface area (Å²) in [5.41, 5.74) is 2.57. The van der Waals surface area contributed by atoms with Crippen LogP contribution in [0.1, 0.15) is 21.5 Å². The Morgan fingerprint density at radius 3 is 2.62 bits per heavy atom. The Balaban J connectivity index is 1.56. The Morgan fingerprint density at radius 1 is 1.12 bits per heavy atom. The zero-order valence-corrected chi connectivity index (χ0v) is 19.7. The minimum absolute atomic E-state index is 0.0411. The number of ketones is 1. The largest absolute Gasteiger partial charge is 0.496 e. The number of carbonyl (C=O) groups is 2. The molecule has 4 rings (SSSR count). The van der Waals surface area contributed by atoms with Gasteiger partial charge < -0.3 is 14.8 Å². The van der Waals surface area contributed by atoms with Crippen LogP contribution in [0.5, 0.6) is 17.2 Å². The van der Waals surface area contributed by atoms with Gasteiger partial charge in [-0.3, -0.25) is 19.3 Å². The van der Waals surface area contributed by atoms with Gasteiger partial charge in [0.05, 0.1) is 24.4 Å². The van der Waals surface area contributed by atoms with E-state index in [2.05, 4.69) is 15.4 Å². The van der Waals surface area contributed by atoms with Gasteiger partial charge in [-0.05, 0) is 35.4 Å². The van der Waals surface area contributed by atoms with Crippen LogP contribution in [0.2, 0.25) is 5.02 Å². The standard InChI is InChI=1S/C25H23ClN4O4/c1-27-25(32)20-11-19-22(12-24(20)33-3)28-7-6-23(19)34-18-5-4-16(21(26)10-18)9-17(31)8-15-13-29-30(2)14-15/h4-7,10-14H,8-9H2,1-3H3,(H,27,32). The van der Waals surface area contributed by atoms with Crippen molar-refractivity contribution in [2.75, 3.05) is 14.2 Å². The zero-order chi connectivity index (χ0) is 24.2. The molecule has 1 N–H and O–H groups in total. The summed E-state index contributed by atoms with van der Waals surface area (Å²) in [5, 5.41) is 7.77. The topological polar surface area (TPSA) is 95.3 Å². The molecule has 2 aromatic heterocycles. The number of aromatic nitrogens is 3. The van der Waals surface area contributed by atoms with Crippen molar-refractivity contribution in [3.8, 4) is 17.2 Å². The third-order valence-electron chi connectivity index (χ3n) is 5.29. The van der Waals surface area contributed by atoms with E-state index >= 15 is 0 Å². The summed E-state index contributed by atoms with van der Waals surface area (Å²) in [6.07, 6.45) is 5.62. The molecule has 0 saturated heterocycles. The second-order valence-electron chi connectivity index (χ2n) is 7.73. The maximum absolute atomic E-state index is 12.5. The number of amides is 1. The van der Waals surface area contributed by atoms with Gasteiger partial charge in [-0.1, -0.05) is 17.7 Å². The molecule has 174 valence electrons. The fourth-order valence-corrected chi connectivity index (χ4v) is 3.88. The van der Waals surface area contributed by atoms with Crippen molar-refractivity contribution in [2.45, 2.75) is 12.8 Å². The van der Waals surface area contributed by atoms with Crippen LogP contribution in [0.3, 0.4) is 0 Å². The molecule has 2 heterocycles. The Morgan fingerprint density at radius 2 is 1.94 bits per heavy atom. The second-order valence-corrected chi connectivity index (χ2v) is 8.13. The first kappa shape index (κ1) is 23.3. The summed E-state index contributed by atoms with van der Waals surface area (Å²) >= 11 is 6.46. The lowest BCUT2D eigenvalue weighted by Crippen LogP contribution is -2.18. The predicted molar refractivity (Wildman–Crippen MR) is 129 cm³/mol. The summed E-state index contributed by atoms with van der Waals surface area (Å²) in [6, 6.07) is 10.3. The van der Waals surface area contributed by atoms with Gasteiger partial charge in [0, 0.05) is 55.8 Å². The van der Waals surface area contributed by atoms with Crippen molar-refractivity contribution in [3.63, 3.8) is 0 Å². The molecule has 0 saturated carbocycles. The number of hydrogen-bond acceptors (Lipinski definition) is 6. The zero-order valence-electron chi connectivity index (χ0n) is 19.0. The molecule has 34 heavy (non-hydrogen) atoms. The monoisotopic (exact) mass is 478 g/mol. The first-order valence-corrected chi connectivity index (χ1v) is 10.9. The summed E-state index contributed by atoms with van der Waals surface area (Å²) in [7, 11) is 4.86. The molecule has 0 aliphatic heterocycles. The van der Waals surface area contributed by atoms with Gasteiger partial charge in [-0.15, -0.1) is 0 Å². The Bertz CT molecular complexity index is 1380. The number of Topliss-reactive ketones (excluding diaryl/α,β-unsaturated/α-hetero) is 1. The normalized spacial score (nSPS) is 10.8. The molecule has 0 radical (unpaired) electrons. The number of carbonyl (C=O) groups excluding carboxylic acids is 2. The van der Waals surface area contributed by atoms with Gasteiger partial charge >= 0.3 is 0 Å². The highest BCUT2D eigenvalue weighted by Gasteiger charge is 2.16. The van der Waals surface area contributed by atoms with Gasteiger partial charge in [0.15, 0.2) is 0 Å². The lowest BCUT2D eigenvalue weighted by molar-refractivity contribution is -0.117. The molecule has 8 nitrogen and oxygen atoms in total. The number of methoxy groups -OCH3 is 1. The molecule has 0 spiro atoms. The molecule has 0 bridgehead atoms. The summed E-state index contributed by atoms with van der Waals surface area (Å²) in [6.45, 7) is 0. The van der Waals surface area contributed by atoms with Crippen molar-refractivity contribution in [3.05, 3.63) is 76.7 Å². The third kappa shape index (κ3) is 5.02. The van der Waals surface area contributed by atoms with E-state index in [0.29, 0.717) is 50.7 Å². The quantitative estimate of drug-likeness (QED) is 0.409. The highest BCUT2D eigenvalue weighted by atomic mass is 35.5. The number of pyridine rings is 1. The SMILES string of the molecule is CNC(=O)c1cc2c(Oc3ccc(CC(=O)Cc4cnn(C)c4)c(Cl)c3)ccnc2cc1OC. The van der Waals surface area contributed by atoms with Crippen LogP contribution in [0.25, 0.3) is 10.9 Å². The van der Waals surface area contributed by atoms with Crippen LogP contribution in [-0.2, 0) is 24.7 Å². The summed E-state index contributed by atoms with van der Waals surface area (Å²) < 4.78 is 13.1. The van der Waals surface area contributed by atoms with Crippen molar-refractivity contribution < 1.29 is 19.1 Å². The smallest absolute Gasteiger partial charge is 0.254 e. The van der Waals surface area contributed by atoms with Crippen molar-refractivity contribution >= 4 is 34.2 Å². The van der Waals surface area contributed by atoms with Gasteiger partial charge in [0.2, 0.25) is 0 Å². The molecule has 0 aliphatic carbocycles. The number of fused-ring (bicyclic) bond motifs is 1. The fourth-order valence-electron chi connectivity index (χ4n) is 3.65. The van der Waals surface area contributed by atoms with Crippen LogP contribution >= 0.6 is 11.6 Å². The maximum Gasteiger partial charge on any atom is 0.254 e. The molecule has 0 atom stereocenters. The fraction of sp³-hybridized carbons (Fsp3) is 0.200. The number of aryl methyl sites for hydroxylation is 1. The molecule has 0 aliphatic rings. The molecule has 9 heteroatoms. The number of halogens is 1. The van der Waals surface area contributed by atoms with Crippen molar-refractivity contribution in [2.24, 2.45) is 7.05 Å². The van der Waals surface area contributed by atoms with E-state index in [1.54, 1.807) is 60.5 Å². The van der Waals surface area contributed by atoms with E-state index in [1.807, 2.05) is 13.2 Å². The van der Waals surface area contributed by atoms with Crippen LogP contribution in [0.4, 0.5) is 0 Å². The average Bonchev–Trinajstić information content (AvgIpc) is 3.23. The van der Waals surface area contributed by atoms with Crippen molar-refractivity contribution in [1.29, 1.82) is 0 Å². The van der Waals surface area contributed by atoms with Gasteiger partial charge in [-0.25, -0.2) is 0 Å². The molecule has 2 aromatic carbocycles. The second kappa shape index (κ2) is 9.93. The van der Waals surface area contributed by atoms with Crippen LogP contribution in [0.15, 0.2) is 55.0 Å². The van der Waals surface area contributed by atoms with Crippen LogP contribution < -0.4 is 14.8 Å². The number of benzene rings is 2. The first-order chi connectivity index (χ1) is 16.4. The van der Waals surface area contributed by atoms with E-state index in [0.717, 1.165) is 5.56 Å². The van der Waals surface area contributed by atoms with E-state index in [-0.39, 0.29) is 18.1 Å². The first-order valence-electron chi connectivity index (χ1n) is 10.5. The molecule has 0 unspecified atom stereocenters. The number of nitrogens with zero attached hydrogens (tertiary/aromatic N) is 3. The molecular formula is C25H23ClN4O4. The van der Waals surface area contributed by atoms with Crippen LogP contribution in [-0.4, -0.2) is 40.6 Å². The number of nitrogens with one attached hydrogen (secondary N) is 1. The molecule has 0 fully saturated rings. The Kier molecular flexibility index (Phi) is 6.79. The minimum atomic E-state index is -0.281. The van der Waals surface area contributed by atoms with Crippen LogP contribution in [0, 0.1) is 0 Å². The predicted octanol–water partition coefficient (Wildman–Crippen LogP) is 4.14. The highest BCUT2D eigenvalue weighted by Crippen LogP contribution is 2.34. The van der Waals surface area contributed by atoms with E-state index in [9.17, 15) is 9.59 Å². The van der Waals surface area contributed by atoms with Crippen molar-refractivity contribution in [1.82, 2.24) is 20.1 Å². The highest BCUT2D eigenvalue weighted by molar-refractivity contribution is 6.31. The third-order valence-corrected chi connectivity index (χ3v) is 5.65. The minimum Gasteiger partial charge on any atom is -0.496 e. The molecule has 4 aromatic rings. The summed E-state index contributed by atoms with van der Waals surface area (Å²) in [5.74, 6) is 1.18. The van der Waals surface area contributed by atoms with Gasteiger partial charge in [0.1, 0.15) is 23.0 Å². The Hall–Kier alpha value is -3.91. The lowest BCUT2D eigenvalue weighted by Gasteiger charge is -2.13. The number of ether oxygens (including phenoxy) is 2. The Labute approximate surface area is 201 Å². The molecule has 1 amide bonds. The summed E-state index contributed by atoms with van der Waals surface area (Å²) in [4.78, 5) is 29.1. The van der Waals surface area contributed by atoms with E-state index in [1.165, 1.54) is 7.11 Å². The van der Waals surface area contributed by atoms with E-state index in [4.69, 9.17) is 21.1 Å². The molecular weight excluding hydrogens is 456 g/mol. The number of rotatable bonds is 8. The van der Waals surface area contributed by atoms with E-state index < -0.39 is 0 Å². The maximum atomic E-state index is 12.5. The van der Waals surface area contributed by atoms with Gasteiger partial charge in [0.25, 0.3) is 5.91 Å². The van der Waals surface area contributed by atoms with Gasteiger partial charge in [-0.2, -0.15) is 5.10 Å². The lowest BCUT2D eigenvalue weighted by atomic mass is 10.0.